The van der Waals surface area contributed by atoms with Crippen LogP contribution in [-0.2, 0) is 12.8 Å². The summed E-state index contributed by atoms with van der Waals surface area (Å²) in [5, 5.41) is 3.49. The number of hydrogen-bond acceptors (Lipinski definition) is 4. The Balaban J connectivity index is 1.97. The molecule has 4 heteroatoms. The molecule has 0 radical (unpaired) electrons. The molecule has 1 aromatic heterocycles. The molecule has 1 aromatic rings. The normalized spacial score (nSPS) is 15.4. The Bertz CT molecular complexity index is 403. The number of rotatable bonds is 5. The van der Waals surface area contributed by atoms with E-state index in [9.17, 15) is 0 Å². The third-order valence-corrected chi connectivity index (χ3v) is 4.01. The van der Waals surface area contributed by atoms with Crippen molar-refractivity contribution in [1.29, 1.82) is 0 Å². The lowest BCUT2D eigenvalue weighted by Gasteiger charge is -2.21. The SMILES string of the molecule is CC(C)N(C)CCNc1ncnc2c1CCCCC2. The van der Waals surface area contributed by atoms with Gasteiger partial charge in [0.2, 0.25) is 0 Å². The highest BCUT2D eigenvalue weighted by Crippen LogP contribution is 2.23. The van der Waals surface area contributed by atoms with Gasteiger partial charge in [-0.05, 0) is 46.6 Å². The summed E-state index contributed by atoms with van der Waals surface area (Å²) in [5.41, 5.74) is 2.61. The predicted octanol–water partition coefficient (Wildman–Crippen LogP) is 2.50. The maximum atomic E-state index is 4.45. The van der Waals surface area contributed by atoms with Crippen molar-refractivity contribution >= 4 is 5.82 Å². The number of aromatic nitrogens is 2. The zero-order chi connectivity index (χ0) is 13.7. The van der Waals surface area contributed by atoms with E-state index in [0.717, 1.165) is 31.7 Å². The lowest BCUT2D eigenvalue weighted by atomic mass is 10.1. The highest BCUT2D eigenvalue weighted by atomic mass is 15.1. The largest absolute Gasteiger partial charge is 0.368 e. The van der Waals surface area contributed by atoms with E-state index in [1.165, 1.54) is 30.5 Å². The topological polar surface area (TPSA) is 41.0 Å². The number of aryl methyl sites for hydroxylation is 1. The summed E-state index contributed by atoms with van der Waals surface area (Å²) in [4.78, 5) is 11.2. The van der Waals surface area contributed by atoms with Crippen molar-refractivity contribution in [2.75, 3.05) is 25.5 Å². The molecule has 0 fully saturated rings. The molecule has 1 heterocycles. The van der Waals surface area contributed by atoms with Gasteiger partial charge in [0.15, 0.2) is 0 Å². The minimum atomic E-state index is 0.587. The molecule has 1 N–H and O–H groups in total. The maximum absolute atomic E-state index is 4.45. The third kappa shape index (κ3) is 3.90. The van der Waals surface area contributed by atoms with Crippen LogP contribution in [0.5, 0.6) is 0 Å². The van der Waals surface area contributed by atoms with E-state index in [4.69, 9.17) is 0 Å². The molecule has 0 unspecified atom stereocenters. The second kappa shape index (κ2) is 6.85. The van der Waals surface area contributed by atoms with Gasteiger partial charge in [0.1, 0.15) is 12.1 Å². The van der Waals surface area contributed by atoms with Gasteiger partial charge < -0.3 is 10.2 Å². The van der Waals surface area contributed by atoms with Gasteiger partial charge in [0.05, 0.1) is 0 Å². The molecule has 1 aliphatic rings. The average Bonchev–Trinajstić information content (AvgIpc) is 2.64. The first-order valence-electron chi connectivity index (χ1n) is 7.45. The highest BCUT2D eigenvalue weighted by molar-refractivity contribution is 5.46. The van der Waals surface area contributed by atoms with Gasteiger partial charge in [-0.1, -0.05) is 6.42 Å². The fraction of sp³-hybridized carbons (Fsp3) is 0.733. The van der Waals surface area contributed by atoms with Crippen LogP contribution in [-0.4, -0.2) is 41.0 Å². The van der Waals surface area contributed by atoms with Crippen LogP contribution in [0.2, 0.25) is 0 Å². The Hall–Kier alpha value is -1.16. The van der Waals surface area contributed by atoms with E-state index >= 15 is 0 Å². The number of anilines is 1. The third-order valence-electron chi connectivity index (χ3n) is 4.01. The molecule has 0 aromatic carbocycles. The Kier molecular flexibility index (Phi) is 5.14. The molecule has 2 rings (SSSR count). The van der Waals surface area contributed by atoms with Crippen molar-refractivity contribution in [2.24, 2.45) is 0 Å². The molecule has 4 nitrogen and oxygen atoms in total. The van der Waals surface area contributed by atoms with Crippen molar-refractivity contribution in [2.45, 2.75) is 52.0 Å². The van der Waals surface area contributed by atoms with E-state index in [1.807, 2.05) is 0 Å². The van der Waals surface area contributed by atoms with Crippen LogP contribution in [0, 0.1) is 0 Å². The van der Waals surface area contributed by atoms with Gasteiger partial charge in [0.25, 0.3) is 0 Å². The van der Waals surface area contributed by atoms with E-state index in [1.54, 1.807) is 6.33 Å². The molecule has 0 aliphatic heterocycles. The standard InChI is InChI=1S/C15H26N4/c1-12(2)19(3)10-9-16-15-13-7-5-4-6-8-14(13)17-11-18-15/h11-12H,4-10H2,1-3H3,(H,16,17,18). The lowest BCUT2D eigenvalue weighted by molar-refractivity contribution is 0.284. The van der Waals surface area contributed by atoms with Crippen molar-refractivity contribution in [3.8, 4) is 0 Å². The Morgan fingerprint density at radius 2 is 2.00 bits per heavy atom. The van der Waals surface area contributed by atoms with Crippen LogP contribution in [0.3, 0.4) is 0 Å². The number of nitrogens with zero attached hydrogens (tertiary/aromatic N) is 3. The number of hydrogen-bond donors (Lipinski definition) is 1. The summed E-state index contributed by atoms with van der Waals surface area (Å²) in [6, 6.07) is 0.587. The summed E-state index contributed by atoms with van der Waals surface area (Å²) < 4.78 is 0. The quantitative estimate of drug-likeness (QED) is 0.828. The Morgan fingerprint density at radius 1 is 1.21 bits per heavy atom. The molecule has 0 amide bonds. The van der Waals surface area contributed by atoms with Crippen LogP contribution in [0.15, 0.2) is 6.33 Å². The van der Waals surface area contributed by atoms with Gasteiger partial charge in [-0.25, -0.2) is 9.97 Å². The number of fused-ring (bicyclic) bond motifs is 1. The molecule has 0 saturated heterocycles. The minimum absolute atomic E-state index is 0.587. The summed E-state index contributed by atoms with van der Waals surface area (Å²) in [6.07, 6.45) is 7.78. The average molecular weight is 262 g/mol. The lowest BCUT2D eigenvalue weighted by Crippen LogP contribution is -2.31. The van der Waals surface area contributed by atoms with Gasteiger partial charge in [-0.3, -0.25) is 0 Å². The summed E-state index contributed by atoms with van der Waals surface area (Å²) >= 11 is 0. The van der Waals surface area contributed by atoms with Gasteiger partial charge >= 0.3 is 0 Å². The summed E-state index contributed by atoms with van der Waals surface area (Å²) in [5.74, 6) is 1.06. The molecular formula is C15H26N4. The summed E-state index contributed by atoms with van der Waals surface area (Å²) in [6.45, 7) is 6.42. The molecule has 0 spiro atoms. The zero-order valence-corrected chi connectivity index (χ0v) is 12.4. The van der Waals surface area contributed by atoms with E-state index in [0.29, 0.717) is 6.04 Å². The summed E-state index contributed by atoms with van der Waals surface area (Å²) in [7, 11) is 2.16. The monoisotopic (exact) mass is 262 g/mol. The van der Waals surface area contributed by atoms with Gasteiger partial charge in [-0.15, -0.1) is 0 Å². The molecule has 0 saturated carbocycles. The van der Waals surface area contributed by atoms with Crippen LogP contribution >= 0.6 is 0 Å². The van der Waals surface area contributed by atoms with Crippen molar-refractivity contribution < 1.29 is 0 Å². The Morgan fingerprint density at radius 3 is 2.79 bits per heavy atom. The first kappa shape index (κ1) is 14.3. The van der Waals surface area contributed by atoms with Crippen LogP contribution < -0.4 is 5.32 Å². The fourth-order valence-corrected chi connectivity index (χ4v) is 2.46. The molecular weight excluding hydrogens is 236 g/mol. The van der Waals surface area contributed by atoms with Crippen molar-refractivity contribution in [3.63, 3.8) is 0 Å². The number of likely N-dealkylation sites (N-methyl/N-ethyl adjacent to an activating group) is 1. The predicted molar refractivity (Wildman–Crippen MR) is 79.5 cm³/mol. The Labute approximate surface area is 116 Å². The first-order valence-corrected chi connectivity index (χ1v) is 7.45. The molecule has 0 bridgehead atoms. The second-order valence-electron chi connectivity index (χ2n) is 5.71. The first-order chi connectivity index (χ1) is 9.18. The smallest absolute Gasteiger partial charge is 0.132 e. The van der Waals surface area contributed by atoms with Crippen LogP contribution in [0.1, 0.15) is 44.4 Å². The minimum Gasteiger partial charge on any atom is -0.368 e. The fourth-order valence-electron chi connectivity index (χ4n) is 2.46. The molecule has 106 valence electrons. The van der Waals surface area contributed by atoms with E-state index < -0.39 is 0 Å². The van der Waals surface area contributed by atoms with Gasteiger partial charge in [0, 0.05) is 30.4 Å². The number of nitrogens with one attached hydrogen (secondary N) is 1. The van der Waals surface area contributed by atoms with Crippen molar-refractivity contribution in [1.82, 2.24) is 14.9 Å². The molecule has 1 aliphatic carbocycles. The zero-order valence-electron chi connectivity index (χ0n) is 12.4. The van der Waals surface area contributed by atoms with Crippen molar-refractivity contribution in [3.05, 3.63) is 17.6 Å². The van der Waals surface area contributed by atoms with Crippen LogP contribution in [0.25, 0.3) is 0 Å². The molecule has 0 atom stereocenters. The maximum Gasteiger partial charge on any atom is 0.132 e. The molecule has 19 heavy (non-hydrogen) atoms. The second-order valence-corrected chi connectivity index (χ2v) is 5.71. The highest BCUT2D eigenvalue weighted by Gasteiger charge is 2.14. The van der Waals surface area contributed by atoms with E-state index in [-0.39, 0.29) is 0 Å². The van der Waals surface area contributed by atoms with Crippen LogP contribution in [0.4, 0.5) is 5.82 Å². The van der Waals surface area contributed by atoms with E-state index in [2.05, 4.69) is 41.1 Å². The van der Waals surface area contributed by atoms with Gasteiger partial charge in [-0.2, -0.15) is 0 Å².